The first-order chi connectivity index (χ1) is 18.9. The van der Waals surface area contributed by atoms with Gasteiger partial charge >= 0.3 is 0 Å². The zero-order chi connectivity index (χ0) is 27.1. The van der Waals surface area contributed by atoms with Crippen molar-refractivity contribution in [3.05, 3.63) is 75.8 Å². The number of aryl methyl sites for hydroxylation is 2. The lowest BCUT2D eigenvalue weighted by Gasteiger charge is -2.47. The summed E-state index contributed by atoms with van der Waals surface area (Å²) in [5, 5.41) is 10.1. The van der Waals surface area contributed by atoms with E-state index < -0.39 is 0 Å². The molecule has 0 saturated heterocycles. The van der Waals surface area contributed by atoms with Gasteiger partial charge in [0, 0.05) is 16.0 Å². The van der Waals surface area contributed by atoms with Crippen LogP contribution >= 0.6 is 11.3 Å². The highest BCUT2D eigenvalue weighted by atomic mass is 32.1. The molecule has 2 aliphatic rings. The number of hydrogen-bond acceptors (Lipinski definition) is 7. The fourth-order valence-electron chi connectivity index (χ4n) is 6.51. The van der Waals surface area contributed by atoms with Crippen LogP contribution in [0.3, 0.4) is 0 Å². The molecule has 1 fully saturated rings. The summed E-state index contributed by atoms with van der Waals surface area (Å²) in [4.78, 5) is 11.0. The van der Waals surface area contributed by atoms with Crippen molar-refractivity contribution < 1.29 is 9.15 Å². The van der Waals surface area contributed by atoms with E-state index in [2.05, 4.69) is 71.7 Å². The minimum atomic E-state index is -0.268. The molecule has 4 heterocycles. The van der Waals surface area contributed by atoms with Crippen molar-refractivity contribution >= 4 is 17.0 Å². The molecule has 39 heavy (non-hydrogen) atoms. The SMILES string of the molecule is CCCC1(CCC)CC(Oc2ccc(C3=NC(Cc4ncco4)c4nnc(C)n4-c4sc(C)c(C)c43)cc2)C1. The third-order valence-corrected chi connectivity index (χ3v) is 9.60. The minimum Gasteiger partial charge on any atom is -0.490 e. The van der Waals surface area contributed by atoms with Gasteiger partial charge in [-0.2, -0.15) is 0 Å². The number of benzene rings is 1. The summed E-state index contributed by atoms with van der Waals surface area (Å²) in [5.74, 6) is 3.24. The highest BCUT2D eigenvalue weighted by Crippen LogP contribution is 2.50. The van der Waals surface area contributed by atoms with Crippen LogP contribution in [0.2, 0.25) is 0 Å². The van der Waals surface area contributed by atoms with E-state index in [-0.39, 0.29) is 6.04 Å². The Labute approximate surface area is 234 Å². The Morgan fingerprint density at radius 3 is 2.46 bits per heavy atom. The predicted molar refractivity (Wildman–Crippen MR) is 154 cm³/mol. The Hall–Kier alpha value is -3.26. The van der Waals surface area contributed by atoms with Crippen molar-refractivity contribution in [2.24, 2.45) is 10.4 Å². The molecule has 1 saturated carbocycles. The molecular formula is C31H37N5O2S. The maximum absolute atomic E-state index is 6.43. The van der Waals surface area contributed by atoms with Crippen molar-refractivity contribution in [3.63, 3.8) is 0 Å². The molecule has 204 valence electrons. The van der Waals surface area contributed by atoms with E-state index in [1.165, 1.54) is 49.0 Å². The topological polar surface area (TPSA) is 78.3 Å². The highest BCUT2D eigenvalue weighted by Gasteiger charge is 2.44. The fraction of sp³-hybridized carbons (Fsp3) is 0.484. The summed E-state index contributed by atoms with van der Waals surface area (Å²) in [6, 6.07) is 8.23. The Balaban J connectivity index is 1.32. The van der Waals surface area contributed by atoms with Crippen LogP contribution in [0.5, 0.6) is 5.75 Å². The maximum atomic E-state index is 6.43. The first-order valence-electron chi connectivity index (χ1n) is 14.2. The maximum Gasteiger partial charge on any atom is 0.196 e. The summed E-state index contributed by atoms with van der Waals surface area (Å²) in [6.07, 6.45) is 11.6. The Morgan fingerprint density at radius 1 is 1.05 bits per heavy atom. The molecule has 1 aromatic carbocycles. The number of thiophene rings is 1. The standard InChI is InChI=1S/C31H37N5O2S/c1-6-12-31(13-7-2)17-24(18-31)38-23-10-8-22(9-11-23)28-27-19(3)20(4)39-30(27)36-21(5)34-35-29(36)25(33-28)16-26-32-14-15-37-26/h8-11,14-15,24-25H,6-7,12-13,16-18H2,1-5H3. The molecule has 6 rings (SSSR count). The van der Waals surface area contributed by atoms with Crippen LogP contribution in [0, 0.1) is 26.2 Å². The number of fused-ring (bicyclic) bond motifs is 3. The van der Waals surface area contributed by atoms with Crippen LogP contribution in [0.25, 0.3) is 5.00 Å². The van der Waals surface area contributed by atoms with E-state index in [4.69, 9.17) is 14.1 Å². The van der Waals surface area contributed by atoms with Crippen molar-refractivity contribution in [1.29, 1.82) is 0 Å². The largest absolute Gasteiger partial charge is 0.490 e. The van der Waals surface area contributed by atoms with Gasteiger partial charge in [0.05, 0.1) is 24.4 Å². The van der Waals surface area contributed by atoms with Gasteiger partial charge in [0.15, 0.2) is 11.7 Å². The zero-order valence-electron chi connectivity index (χ0n) is 23.5. The third kappa shape index (κ3) is 4.73. The van der Waals surface area contributed by atoms with E-state index in [0.717, 1.165) is 39.2 Å². The second-order valence-electron chi connectivity index (χ2n) is 11.2. The highest BCUT2D eigenvalue weighted by molar-refractivity contribution is 7.15. The smallest absolute Gasteiger partial charge is 0.196 e. The van der Waals surface area contributed by atoms with Gasteiger partial charge in [-0.1, -0.05) is 26.7 Å². The number of rotatable bonds is 9. The van der Waals surface area contributed by atoms with E-state index >= 15 is 0 Å². The van der Waals surface area contributed by atoms with Crippen molar-refractivity contribution in [2.45, 2.75) is 91.7 Å². The number of ether oxygens (including phenoxy) is 1. The van der Waals surface area contributed by atoms with Crippen LogP contribution in [0.1, 0.15) is 97.5 Å². The molecule has 3 aromatic heterocycles. The van der Waals surface area contributed by atoms with Crippen LogP contribution < -0.4 is 4.74 Å². The first kappa shape index (κ1) is 26.0. The summed E-state index contributed by atoms with van der Waals surface area (Å²) in [6.45, 7) is 10.9. The summed E-state index contributed by atoms with van der Waals surface area (Å²) in [7, 11) is 0. The van der Waals surface area contributed by atoms with Gasteiger partial charge in [-0.25, -0.2) is 4.98 Å². The molecule has 8 heteroatoms. The van der Waals surface area contributed by atoms with Crippen LogP contribution in [0.4, 0.5) is 0 Å². The third-order valence-electron chi connectivity index (χ3n) is 8.40. The van der Waals surface area contributed by atoms with E-state index in [1.807, 2.05) is 6.92 Å². The summed E-state index contributed by atoms with van der Waals surface area (Å²) < 4.78 is 14.2. The van der Waals surface area contributed by atoms with Gasteiger partial charge in [0.2, 0.25) is 0 Å². The van der Waals surface area contributed by atoms with Gasteiger partial charge < -0.3 is 9.15 Å². The van der Waals surface area contributed by atoms with Crippen molar-refractivity contribution in [2.75, 3.05) is 0 Å². The monoisotopic (exact) mass is 543 g/mol. The molecule has 0 spiro atoms. The number of aromatic nitrogens is 4. The lowest BCUT2D eigenvalue weighted by molar-refractivity contribution is -0.0278. The molecule has 1 unspecified atom stereocenters. The molecule has 1 atom stereocenters. The van der Waals surface area contributed by atoms with Crippen LogP contribution in [0.15, 0.2) is 46.1 Å². The molecule has 7 nitrogen and oxygen atoms in total. The average molecular weight is 544 g/mol. The number of hydrogen-bond donors (Lipinski definition) is 0. The van der Waals surface area contributed by atoms with Gasteiger partial charge in [-0.3, -0.25) is 9.56 Å². The molecular weight excluding hydrogens is 506 g/mol. The van der Waals surface area contributed by atoms with Gasteiger partial charge in [0.1, 0.15) is 28.9 Å². The van der Waals surface area contributed by atoms with Crippen LogP contribution in [-0.2, 0) is 6.42 Å². The van der Waals surface area contributed by atoms with E-state index in [1.54, 1.807) is 23.8 Å². The molecule has 4 aromatic rings. The second-order valence-corrected chi connectivity index (χ2v) is 12.4. The zero-order valence-corrected chi connectivity index (χ0v) is 24.3. The van der Waals surface area contributed by atoms with Gasteiger partial charge in [-0.15, -0.1) is 21.5 Å². The minimum absolute atomic E-state index is 0.268. The second kappa shape index (κ2) is 10.4. The molecule has 1 aliphatic heterocycles. The normalized spacial score (nSPS) is 18.2. The lowest BCUT2D eigenvalue weighted by Crippen LogP contribution is -2.44. The number of aliphatic imine (C=N–C) groups is 1. The molecule has 0 N–H and O–H groups in total. The summed E-state index contributed by atoms with van der Waals surface area (Å²) >= 11 is 1.77. The fourth-order valence-corrected chi connectivity index (χ4v) is 7.73. The molecule has 0 amide bonds. The Morgan fingerprint density at radius 2 is 1.79 bits per heavy atom. The number of oxazole rings is 1. The van der Waals surface area contributed by atoms with E-state index in [9.17, 15) is 0 Å². The Kier molecular flexibility index (Phi) is 6.91. The van der Waals surface area contributed by atoms with Gasteiger partial charge in [0.25, 0.3) is 0 Å². The predicted octanol–water partition coefficient (Wildman–Crippen LogP) is 7.50. The van der Waals surface area contributed by atoms with Crippen molar-refractivity contribution in [1.82, 2.24) is 19.7 Å². The quantitative estimate of drug-likeness (QED) is 0.218. The van der Waals surface area contributed by atoms with E-state index in [0.29, 0.717) is 23.8 Å². The summed E-state index contributed by atoms with van der Waals surface area (Å²) in [5.41, 5.74) is 4.91. The van der Waals surface area contributed by atoms with Crippen LogP contribution in [-0.4, -0.2) is 31.6 Å². The van der Waals surface area contributed by atoms with Gasteiger partial charge in [-0.05, 0) is 81.7 Å². The average Bonchev–Trinajstić information content (AvgIpc) is 3.60. The van der Waals surface area contributed by atoms with Crippen molar-refractivity contribution in [3.8, 4) is 10.8 Å². The Bertz CT molecular complexity index is 1470. The molecule has 1 aliphatic carbocycles. The molecule has 0 bridgehead atoms. The first-order valence-corrected chi connectivity index (χ1v) is 15.0. The number of nitrogens with zero attached hydrogens (tertiary/aromatic N) is 5. The lowest BCUT2D eigenvalue weighted by atomic mass is 9.62. The molecule has 0 radical (unpaired) electrons.